The number of alkyl halides is 1. The molecule has 1 rings (SSSR count). The third-order valence-corrected chi connectivity index (χ3v) is 2.32. The maximum atomic E-state index is 12.0. The van der Waals surface area contributed by atoms with Crippen LogP contribution in [0.5, 0.6) is 0 Å². The van der Waals surface area contributed by atoms with Crippen molar-refractivity contribution in [3.8, 4) is 11.8 Å². The first-order valence-electron chi connectivity index (χ1n) is 5.59. The van der Waals surface area contributed by atoms with Gasteiger partial charge in [-0.1, -0.05) is 49.1 Å². The van der Waals surface area contributed by atoms with E-state index in [1.54, 1.807) is 0 Å². The van der Waals surface area contributed by atoms with Crippen molar-refractivity contribution in [2.24, 2.45) is 11.7 Å². The zero-order valence-corrected chi connectivity index (χ0v) is 9.62. The second-order valence-electron chi connectivity index (χ2n) is 3.96. The van der Waals surface area contributed by atoms with Gasteiger partial charge in [-0.2, -0.15) is 0 Å². The molecule has 0 aliphatic carbocycles. The van der Waals surface area contributed by atoms with Gasteiger partial charge >= 0.3 is 0 Å². The molecule has 2 heteroatoms. The van der Waals surface area contributed by atoms with E-state index in [4.69, 9.17) is 5.73 Å². The molecule has 0 amide bonds. The molecule has 86 valence electrons. The second kappa shape index (κ2) is 7.03. The fraction of sp³-hybridized carbons (Fsp3) is 0.429. The van der Waals surface area contributed by atoms with Gasteiger partial charge in [0.15, 0.2) is 0 Å². The first-order valence-corrected chi connectivity index (χ1v) is 5.59. The van der Waals surface area contributed by atoms with Crippen LogP contribution in [-0.4, -0.2) is 12.7 Å². The van der Waals surface area contributed by atoms with E-state index >= 15 is 0 Å². The van der Waals surface area contributed by atoms with Crippen LogP contribution in [0.4, 0.5) is 4.39 Å². The first-order chi connectivity index (χ1) is 7.72. The molecule has 0 spiro atoms. The molecule has 1 aromatic carbocycles. The molecule has 1 aromatic rings. The van der Waals surface area contributed by atoms with Crippen LogP contribution in [0.2, 0.25) is 0 Å². The monoisotopic (exact) mass is 219 g/mol. The Labute approximate surface area is 96.9 Å². The summed E-state index contributed by atoms with van der Waals surface area (Å²) >= 11 is 0. The van der Waals surface area contributed by atoms with Crippen molar-refractivity contribution in [1.82, 2.24) is 0 Å². The molecule has 1 nitrogen and oxygen atoms in total. The van der Waals surface area contributed by atoms with E-state index in [1.165, 1.54) is 5.56 Å². The van der Waals surface area contributed by atoms with Crippen LogP contribution in [0.3, 0.4) is 0 Å². The molecule has 16 heavy (non-hydrogen) atoms. The van der Waals surface area contributed by atoms with Gasteiger partial charge < -0.3 is 5.73 Å². The lowest BCUT2D eigenvalue weighted by atomic mass is 10.0. The lowest BCUT2D eigenvalue weighted by molar-refractivity contribution is 0.461. The number of benzene rings is 1. The molecule has 0 heterocycles. The minimum Gasteiger partial charge on any atom is -0.318 e. The zero-order valence-electron chi connectivity index (χ0n) is 9.62. The molecular weight excluding hydrogens is 201 g/mol. The predicted molar refractivity (Wildman–Crippen MR) is 65.7 cm³/mol. The summed E-state index contributed by atoms with van der Waals surface area (Å²) in [6, 6.07) is 9.87. The van der Waals surface area contributed by atoms with Crippen LogP contribution in [-0.2, 0) is 6.42 Å². The molecular formula is C14H18FN. The van der Waals surface area contributed by atoms with Gasteiger partial charge in [0.25, 0.3) is 0 Å². The van der Waals surface area contributed by atoms with E-state index < -0.39 is 6.67 Å². The van der Waals surface area contributed by atoms with Gasteiger partial charge in [0.1, 0.15) is 0 Å². The van der Waals surface area contributed by atoms with E-state index in [-0.39, 0.29) is 12.0 Å². The smallest absolute Gasteiger partial charge is 0.0918 e. The highest BCUT2D eigenvalue weighted by Crippen LogP contribution is 2.06. The van der Waals surface area contributed by atoms with Gasteiger partial charge in [0, 0.05) is 12.3 Å². The van der Waals surface area contributed by atoms with E-state index in [0.717, 1.165) is 6.42 Å². The topological polar surface area (TPSA) is 26.0 Å². The van der Waals surface area contributed by atoms with Gasteiger partial charge in [-0.25, -0.2) is 0 Å². The van der Waals surface area contributed by atoms with Crippen molar-refractivity contribution in [1.29, 1.82) is 0 Å². The SMILES string of the molecule is CC(C#CC(N)CCF)Cc1ccccc1. The fourth-order valence-corrected chi connectivity index (χ4v) is 1.46. The summed E-state index contributed by atoms with van der Waals surface area (Å²) < 4.78 is 12.0. The van der Waals surface area contributed by atoms with Crippen molar-refractivity contribution in [3.63, 3.8) is 0 Å². The van der Waals surface area contributed by atoms with Crippen molar-refractivity contribution in [2.75, 3.05) is 6.67 Å². The summed E-state index contributed by atoms with van der Waals surface area (Å²) in [4.78, 5) is 0. The lowest BCUT2D eigenvalue weighted by Gasteiger charge is -2.04. The van der Waals surface area contributed by atoms with E-state index in [1.807, 2.05) is 18.2 Å². The van der Waals surface area contributed by atoms with Crippen LogP contribution in [0.1, 0.15) is 18.9 Å². The summed E-state index contributed by atoms with van der Waals surface area (Å²) in [6.45, 7) is 1.66. The number of hydrogen-bond donors (Lipinski definition) is 1. The van der Waals surface area contributed by atoms with E-state index in [2.05, 4.69) is 30.9 Å². The molecule has 0 aliphatic heterocycles. The van der Waals surface area contributed by atoms with Gasteiger partial charge in [-0.3, -0.25) is 4.39 Å². The summed E-state index contributed by atoms with van der Waals surface area (Å²) in [6.07, 6.45) is 1.24. The molecule has 2 atom stereocenters. The highest BCUT2D eigenvalue weighted by molar-refractivity contribution is 5.18. The third-order valence-electron chi connectivity index (χ3n) is 2.32. The molecule has 0 fully saturated rings. The Balaban J connectivity index is 2.44. The predicted octanol–water partition coefficient (Wildman–Crippen LogP) is 2.56. The van der Waals surface area contributed by atoms with Gasteiger partial charge in [-0.05, 0) is 12.0 Å². The van der Waals surface area contributed by atoms with Crippen molar-refractivity contribution in [2.45, 2.75) is 25.8 Å². The summed E-state index contributed by atoms with van der Waals surface area (Å²) in [7, 11) is 0. The third kappa shape index (κ3) is 4.95. The standard InChI is InChI=1S/C14H18FN/c1-12(7-8-14(16)9-10-15)11-13-5-3-2-4-6-13/h2-6,12,14H,9-11,16H2,1H3. The van der Waals surface area contributed by atoms with Gasteiger partial charge in [0.05, 0.1) is 12.7 Å². The normalized spacial score (nSPS) is 13.7. The Morgan fingerprint density at radius 1 is 1.25 bits per heavy atom. The summed E-state index contributed by atoms with van der Waals surface area (Å²) in [5, 5.41) is 0. The fourth-order valence-electron chi connectivity index (χ4n) is 1.46. The average molecular weight is 219 g/mol. The van der Waals surface area contributed by atoms with Crippen LogP contribution in [0.15, 0.2) is 30.3 Å². The average Bonchev–Trinajstić information content (AvgIpc) is 2.28. The van der Waals surface area contributed by atoms with Crippen LogP contribution in [0.25, 0.3) is 0 Å². The Hall–Kier alpha value is -1.33. The first kappa shape index (κ1) is 12.7. The molecule has 2 N–H and O–H groups in total. The molecule has 0 radical (unpaired) electrons. The molecule has 0 bridgehead atoms. The molecule has 2 unspecified atom stereocenters. The highest BCUT2D eigenvalue weighted by atomic mass is 19.1. The van der Waals surface area contributed by atoms with E-state index in [9.17, 15) is 4.39 Å². The largest absolute Gasteiger partial charge is 0.318 e. The number of halogens is 1. The quantitative estimate of drug-likeness (QED) is 0.774. The minimum atomic E-state index is -0.400. The van der Waals surface area contributed by atoms with Crippen molar-refractivity contribution >= 4 is 0 Å². The van der Waals surface area contributed by atoms with Crippen molar-refractivity contribution in [3.05, 3.63) is 35.9 Å². The Bertz CT molecular complexity index is 350. The molecule has 0 saturated carbocycles. The van der Waals surface area contributed by atoms with Crippen molar-refractivity contribution < 1.29 is 4.39 Å². The Morgan fingerprint density at radius 2 is 1.94 bits per heavy atom. The highest BCUT2D eigenvalue weighted by Gasteiger charge is 2.00. The minimum absolute atomic E-state index is 0.257. The molecule has 0 aliphatic rings. The zero-order chi connectivity index (χ0) is 11.8. The Kier molecular flexibility index (Phi) is 5.60. The maximum absolute atomic E-state index is 12.0. The lowest BCUT2D eigenvalue weighted by Crippen LogP contribution is -2.18. The molecule has 0 aromatic heterocycles. The Morgan fingerprint density at radius 3 is 2.56 bits per heavy atom. The summed E-state index contributed by atoms with van der Waals surface area (Å²) in [5.41, 5.74) is 6.88. The summed E-state index contributed by atoms with van der Waals surface area (Å²) in [5.74, 6) is 6.22. The van der Waals surface area contributed by atoms with E-state index in [0.29, 0.717) is 6.42 Å². The number of rotatable bonds is 4. The van der Waals surface area contributed by atoms with Gasteiger partial charge in [0.2, 0.25) is 0 Å². The van der Waals surface area contributed by atoms with Crippen LogP contribution < -0.4 is 5.73 Å². The van der Waals surface area contributed by atoms with Crippen LogP contribution in [0, 0.1) is 17.8 Å². The maximum Gasteiger partial charge on any atom is 0.0918 e. The van der Waals surface area contributed by atoms with Crippen LogP contribution >= 0.6 is 0 Å². The number of nitrogens with two attached hydrogens (primary N) is 1. The molecule has 0 saturated heterocycles. The van der Waals surface area contributed by atoms with Gasteiger partial charge in [-0.15, -0.1) is 0 Å². The second-order valence-corrected chi connectivity index (χ2v) is 3.96. The number of hydrogen-bond acceptors (Lipinski definition) is 1.